The molecule has 1 unspecified atom stereocenters. The number of ether oxygens (including phenoxy) is 1. The van der Waals surface area contributed by atoms with Gasteiger partial charge in [0.15, 0.2) is 0 Å². The number of halogens is 1. The Hall–Kier alpha value is -4.01. The summed E-state index contributed by atoms with van der Waals surface area (Å²) in [5.41, 5.74) is 1.43. The summed E-state index contributed by atoms with van der Waals surface area (Å²) in [7, 11) is 1.62. The van der Waals surface area contributed by atoms with Gasteiger partial charge in [0.05, 0.1) is 13.2 Å². The van der Waals surface area contributed by atoms with Gasteiger partial charge in [-0.05, 0) is 47.5 Å². The van der Waals surface area contributed by atoms with Crippen LogP contribution in [0.25, 0.3) is 10.8 Å². The Morgan fingerprint density at radius 1 is 0.921 bits per heavy atom. The molecule has 1 amide bonds. The Morgan fingerprint density at radius 2 is 1.58 bits per heavy atom. The first-order valence-corrected chi connectivity index (χ1v) is 13.2. The third-order valence-electron chi connectivity index (χ3n) is 7.58. The summed E-state index contributed by atoms with van der Waals surface area (Å²) in [6, 6.07) is 32.1. The highest BCUT2D eigenvalue weighted by atomic mass is 35.5. The number of carbonyl (C=O) groups excluding carboxylic acids is 1. The maximum atomic E-state index is 14.3. The number of amides is 1. The zero-order chi connectivity index (χ0) is 26.7. The van der Waals surface area contributed by atoms with E-state index in [4.69, 9.17) is 16.3 Å². The van der Waals surface area contributed by atoms with E-state index in [0.717, 1.165) is 27.6 Å². The zero-order valence-electron chi connectivity index (χ0n) is 21.6. The fourth-order valence-electron chi connectivity index (χ4n) is 5.60. The summed E-state index contributed by atoms with van der Waals surface area (Å²) in [6.45, 7) is 4.16. The van der Waals surface area contributed by atoms with E-state index in [1.165, 1.54) is 0 Å². The second-order valence-electron chi connectivity index (χ2n) is 9.82. The van der Waals surface area contributed by atoms with Gasteiger partial charge in [-0.2, -0.15) is 5.26 Å². The van der Waals surface area contributed by atoms with Crippen LogP contribution in [-0.2, 0) is 4.79 Å². The highest BCUT2D eigenvalue weighted by Crippen LogP contribution is 2.47. The Morgan fingerprint density at radius 3 is 2.32 bits per heavy atom. The van der Waals surface area contributed by atoms with Crippen LogP contribution in [0.3, 0.4) is 0 Å². The van der Waals surface area contributed by atoms with Crippen molar-refractivity contribution < 1.29 is 9.53 Å². The smallest absolute Gasteiger partial charge is 0.243 e. The van der Waals surface area contributed by atoms with Gasteiger partial charge < -0.3 is 14.5 Å². The van der Waals surface area contributed by atoms with Crippen LogP contribution in [0.4, 0.5) is 5.69 Å². The van der Waals surface area contributed by atoms with Crippen molar-refractivity contribution in [3.8, 4) is 11.8 Å². The number of para-hydroxylation sites is 1. The predicted octanol–water partition coefficient (Wildman–Crippen LogP) is 6.51. The fraction of sp³-hybridized carbons (Fsp3) is 0.250. The molecule has 6 heteroatoms. The van der Waals surface area contributed by atoms with Crippen LogP contribution >= 0.6 is 11.6 Å². The van der Waals surface area contributed by atoms with Crippen LogP contribution in [0.15, 0.2) is 91.0 Å². The summed E-state index contributed by atoms with van der Waals surface area (Å²) in [6.07, 6.45) is 0. The average Bonchev–Trinajstić information content (AvgIpc) is 2.97. The van der Waals surface area contributed by atoms with Crippen LogP contribution < -0.4 is 9.64 Å². The number of methoxy groups -OCH3 is 1. The number of hydrogen-bond donors (Lipinski definition) is 0. The minimum Gasteiger partial charge on any atom is -0.496 e. The molecular weight excluding hydrogens is 494 g/mol. The van der Waals surface area contributed by atoms with Gasteiger partial charge in [0.25, 0.3) is 0 Å². The summed E-state index contributed by atoms with van der Waals surface area (Å²) >= 11 is 6.20. The number of rotatable bonds is 6. The molecule has 0 radical (unpaired) electrons. The van der Waals surface area contributed by atoms with Crippen molar-refractivity contribution in [2.45, 2.75) is 12.8 Å². The molecule has 1 aliphatic heterocycles. The lowest BCUT2D eigenvalue weighted by Crippen LogP contribution is -2.53. The van der Waals surface area contributed by atoms with Gasteiger partial charge in [-0.3, -0.25) is 4.79 Å². The van der Waals surface area contributed by atoms with Crippen molar-refractivity contribution in [1.29, 1.82) is 5.26 Å². The lowest BCUT2D eigenvalue weighted by atomic mass is 9.68. The Kier molecular flexibility index (Phi) is 7.26. The molecule has 2 atom stereocenters. The molecule has 4 aromatic rings. The van der Waals surface area contributed by atoms with Gasteiger partial charge in [-0.1, -0.05) is 78.3 Å². The van der Waals surface area contributed by atoms with E-state index in [1.54, 1.807) is 14.0 Å². The SMILES string of the molecule is COc1ccccc1C(c1cccc2ccccc12)[C@@](C)(C#N)C(=O)N1CCN(c2cccc(Cl)c2)CC1. The van der Waals surface area contributed by atoms with Gasteiger partial charge >= 0.3 is 0 Å². The molecule has 1 aliphatic rings. The molecule has 0 aliphatic carbocycles. The predicted molar refractivity (Wildman–Crippen MR) is 153 cm³/mol. The molecule has 192 valence electrons. The molecule has 4 aromatic carbocycles. The maximum Gasteiger partial charge on any atom is 0.243 e. The molecule has 0 N–H and O–H groups in total. The van der Waals surface area contributed by atoms with E-state index >= 15 is 0 Å². The molecule has 0 saturated carbocycles. The minimum absolute atomic E-state index is 0.172. The molecule has 1 heterocycles. The van der Waals surface area contributed by atoms with Crippen LogP contribution in [-0.4, -0.2) is 44.1 Å². The van der Waals surface area contributed by atoms with Crippen LogP contribution in [0, 0.1) is 16.7 Å². The molecule has 0 bridgehead atoms. The highest BCUT2D eigenvalue weighted by molar-refractivity contribution is 6.30. The summed E-state index contributed by atoms with van der Waals surface area (Å²) < 4.78 is 5.75. The maximum absolute atomic E-state index is 14.3. The average molecular weight is 524 g/mol. The quantitative estimate of drug-likeness (QED) is 0.289. The van der Waals surface area contributed by atoms with E-state index in [0.29, 0.717) is 37.0 Å². The second-order valence-corrected chi connectivity index (χ2v) is 10.3. The largest absolute Gasteiger partial charge is 0.496 e. The van der Waals surface area contributed by atoms with E-state index < -0.39 is 11.3 Å². The topological polar surface area (TPSA) is 56.6 Å². The van der Waals surface area contributed by atoms with E-state index in [1.807, 2.05) is 77.7 Å². The van der Waals surface area contributed by atoms with Gasteiger partial charge in [-0.25, -0.2) is 0 Å². The Bertz CT molecular complexity index is 1500. The first-order chi connectivity index (χ1) is 18.5. The highest BCUT2D eigenvalue weighted by Gasteiger charge is 2.47. The van der Waals surface area contributed by atoms with Gasteiger partial charge in [-0.15, -0.1) is 0 Å². The number of nitrogens with zero attached hydrogens (tertiary/aromatic N) is 3. The van der Waals surface area contributed by atoms with Crippen molar-refractivity contribution in [3.05, 3.63) is 107 Å². The van der Waals surface area contributed by atoms with E-state index in [-0.39, 0.29) is 5.91 Å². The summed E-state index contributed by atoms with van der Waals surface area (Å²) in [5.74, 6) is -0.0479. The number of benzene rings is 4. The zero-order valence-corrected chi connectivity index (χ0v) is 22.4. The molecule has 1 saturated heterocycles. The molecule has 5 rings (SSSR count). The first-order valence-electron chi connectivity index (χ1n) is 12.8. The molecule has 1 fully saturated rings. The minimum atomic E-state index is -1.36. The standard InChI is InChI=1S/C32H30ClN3O2/c1-32(22-34,31(37)36-19-17-35(18-20-36)25-12-8-11-24(33)21-25)30(28-14-5-6-16-29(28)38-2)27-15-7-10-23-9-3-4-13-26(23)27/h3-16,21,30H,17-20H2,1-2H3/t30?,32-/m1/s1. The lowest BCUT2D eigenvalue weighted by Gasteiger charge is -2.41. The van der Waals surface area contributed by atoms with Crippen molar-refractivity contribution in [3.63, 3.8) is 0 Å². The number of carbonyl (C=O) groups is 1. The van der Waals surface area contributed by atoms with Crippen molar-refractivity contribution in [1.82, 2.24) is 4.90 Å². The summed E-state index contributed by atoms with van der Waals surface area (Å²) in [5, 5.41) is 13.5. The molecule has 0 spiro atoms. The number of anilines is 1. The van der Waals surface area contributed by atoms with Crippen LogP contribution in [0.2, 0.25) is 5.02 Å². The second kappa shape index (κ2) is 10.8. The third kappa shape index (κ3) is 4.68. The van der Waals surface area contributed by atoms with Crippen LogP contribution in [0.1, 0.15) is 24.0 Å². The van der Waals surface area contributed by atoms with Crippen molar-refractivity contribution in [2.75, 3.05) is 38.2 Å². The molecule has 0 aromatic heterocycles. The number of fused-ring (bicyclic) bond motifs is 1. The molecule has 38 heavy (non-hydrogen) atoms. The van der Waals surface area contributed by atoms with Gasteiger partial charge in [0, 0.05) is 48.4 Å². The van der Waals surface area contributed by atoms with Crippen molar-refractivity contribution >= 4 is 34.0 Å². The summed E-state index contributed by atoms with van der Waals surface area (Å²) in [4.78, 5) is 18.4. The normalized spacial score (nSPS) is 15.9. The lowest BCUT2D eigenvalue weighted by molar-refractivity contribution is -0.139. The van der Waals surface area contributed by atoms with Gasteiger partial charge in [0.2, 0.25) is 5.91 Å². The first kappa shape index (κ1) is 25.6. The fourth-order valence-corrected chi connectivity index (χ4v) is 5.79. The Labute approximate surface area is 228 Å². The van der Waals surface area contributed by atoms with Crippen molar-refractivity contribution in [2.24, 2.45) is 5.41 Å². The third-order valence-corrected chi connectivity index (χ3v) is 7.81. The van der Waals surface area contributed by atoms with E-state index in [9.17, 15) is 10.1 Å². The van der Waals surface area contributed by atoms with Gasteiger partial charge in [0.1, 0.15) is 11.2 Å². The van der Waals surface area contributed by atoms with Crippen LogP contribution in [0.5, 0.6) is 5.75 Å². The number of piperazine rings is 1. The number of nitriles is 1. The monoisotopic (exact) mass is 523 g/mol. The van der Waals surface area contributed by atoms with E-state index in [2.05, 4.69) is 29.2 Å². The molecular formula is C32H30ClN3O2. The Balaban J connectivity index is 1.54. The molecule has 5 nitrogen and oxygen atoms in total. The number of hydrogen-bond acceptors (Lipinski definition) is 4.